The fraction of sp³-hybridized carbons (Fsp3) is 0.133. The molecule has 7 heteroatoms. The minimum Gasteiger partial charge on any atom is -0.491 e. The van der Waals surface area contributed by atoms with Crippen molar-refractivity contribution >= 4 is 37.4 Å². The Morgan fingerprint density at radius 2 is 1.68 bits per heavy atom. The van der Waals surface area contributed by atoms with Gasteiger partial charge in [0.1, 0.15) is 12.4 Å². The predicted octanol–water partition coefficient (Wildman–Crippen LogP) is 5.49. The molecule has 0 N–H and O–H groups in total. The van der Waals surface area contributed by atoms with Crippen LogP contribution in [0.2, 0.25) is 0 Å². The summed E-state index contributed by atoms with van der Waals surface area (Å²) in [5, 5.41) is 2.23. The quantitative estimate of drug-likeness (QED) is 0.322. The number of pyridine rings is 1. The summed E-state index contributed by atoms with van der Waals surface area (Å²) in [4.78, 5) is 20.3. The Morgan fingerprint density at radius 3 is 2.51 bits per heavy atom. The van der Waals surface area contributed by atoms with Gasteiger partial charge in [-0.1, -0.05) is 48.5 Å². The van der Waals surface area contributed by atoms with E-state index in [0.717, 1.165) is 33.3 Å². The predicted molar refractivity (Wildman–Crippen MR) is 144 cm³/mol. The summed E-state index contributed by atoms with van der Waals surface area (Å²) in [6.45, 7) is 1.17. The number of hydrogen-bond acceptors (Lipinski definition) is 5. The van der Waals surface area contributed by atoms with E-state index in [1.807, 2.05) is 48.7 Å². The highest BCUT2D eigenvalue weighted by Gasteiger charge is 2.24. The van der Waals surface area contributed by atoms with E-state index < -0.39 is 9.84 Å². The number of para-hydroxylation sites is 1. The lowest BCUT2D eigenvalue weighted by Gasteiger charge is -2.21. The van der Waals surface area contributed by atoms with Crippen molar-refractivity contribution in [1.29, 1.82) is 0 Å². The van der Waals surface area contributed by atoms with E-state index >= 15 is 0 Å². The Balaban J connectivity index is 1.36. The zero-order chi connectivity index (χ0) is 25.6. The van der Waals surface area contributed by atoms with Gasteiger partial charge < -0.3 is 9.64 Å². The monoisotopic (exact) mass is 508 g/mol. The molecule has 6 nitrogen and oxygen atoms in total. The molecular weight excluding hydrogens is 484 g/mol. The van der Waals surface area contributed by atoms with Crippen molar-refractivity contribution in [2.75, 3.05) is 19.4 Å². The molecule has 0 atom stereocenters. The third kappa shape index (κ3) is 4.32. The zero-order valence-electron chi connectivity index (χ0n) is 20.2. The SMILES string of the molecule is CS(=O)(=O)c1ccc(C(=O)N2CCOc3ccc(-c4cnc5ccccc5c4)cc3C2)c2ccccc12. The van der Waals surface area contributed by atoms with Crippen LogP contribution in [0.1, 0.15) is 15.9 Å². The summed E-state index contributed by atoms with van der Waals surface area (Å²) in [6.07, 6.45) is 3.04. The molecule has 6 rings (SSSR count). The standard InChI is InChI=1S/C30H24N2O4S/c1-37(34,35)29-13-11-26(24-7-3-4-8-25(24)29)30(33)32-14-15-36-28-12-10-20(16-23(28)19-32)22-17-21-6-2-5-9-27(21)31-18-22/h2-13,16-18H,14-15,19H2,1H3. The van der Waals surface area contributed by atoms with Crippen molar-refractivity contribution in [3.05, 3.63) is 102 Å². The number of carbonyl (C=O) groups is 1. The van der Waals surface area contributed by atoms with E-state index in [1.165, 1.54) is 12.3 Å². The van der Waals surface area contributed by atoms with Crippen molar-refractivity contribution in [2.45, 2.75) is 11.4 Å². The van der Waals surface area contributed by atoms with Crippen molar-refractivity contribution in [1.82, 2.24) is 9.88 Å². The molecule has 0 bridgehead atoms. The highest BCUT2D eigenvalue weighted by Crippen LogP contribution is 2.32. The second kappa shape index (κ2) is 9.01. The van der Waals surface area contributed by atoms with Crippen LogP contribution in [0.15, 0.2) is 96.0 Å². The van der Waals surface area contributed by atoms with E-state index in [9.17, 15) is 13.2 Å². The first-order valence-electron chi connectivity index (χ1n) is 12.0. The van der Waals surface area contributed by atoms with Gasteiger partial charge in [-0.2, -0.15) is 0 Å². The number of carbonyl (C=O) groups excluding carboxylic acids is 1. The van der Waals surface area contributed by atoms with Crippen LogP contribution in [0.25, 0.3) is 32.8 Å². The van der Waals surface area contributed by atoms with Gasteiger partial charge in [-0.25, -0.2) is 8.42 Å². The van der Waals surface area contributed by atoms with Gasteiger partial charge in [0, 0.05) is 46.5 Å². The number of rotatable bonds is 3. The summed E-state index contributed by atoms with van der Waals surface area (Å²) in [5.41, 5.74) is 4.31. The second-order valence-corrected chi connectivity index (χ2v) is 11.2. The molecule has 1 aliphatic rings. The first-order valence-corrected chi connectivity index (χ1v) is 13.9. The largest absolute Gasteiger partial charge is 0.491 e. The maximum atomic E-state index is 13.7. The molecule has 0 aliphatic carbocycles. The number of benzene rings is 4. The highest BCUT2D eigenvalue weighted by molar-refractivity contribution is 7.91. The van der Waals surface area contributed by atoms with E-state index in [-0.39, 0.29) is 10.8 Å². The first kappa shape index (κ1) is 23.2. The van der Waals surface area contributed by atoms with Crippen LogP contribution in [-0.2, 0) is 16.4 Å². The third-order valence-corrected chi connectivity index (χ3v) is 7.92. The zero-order valence-corrected chi connectivity index (χ0v) is 21.0. The molecule has 37 heavy (non-hydrogen) atoms. The fourth-order valence-electron chi connectivity index (χ4n) is 4.93. The number of amides is 1. The summed E-state index contributed by atoms with van der Waals surface area (Å²) in [6, 6.07) is 26.4. The van der Waals surface area contributed by atoms with Crippen LogP contribution in [0.3, 0.4) is 0 Å². The molecule has 0 spiro atoms. The molecule has 0 unspecified atom stereocenters. The molecule has 0 saturated heterocycles. The molecule has 184 valence electrons. The van der Waals surface area contributed by atoms with E-state index in [4.69, 9.17) is 4.74 Å². The van der Waals surface area contributed by atoms with Gasteiger partial charge in [-0.05, 0) is 47.3 Å². The van der Waals surface area contributed by atoms with Crippen molar-refractivity contribution in [2.24, 2.45) is 0 Å². The molecule has 1 aromatic heterocycles. The fourth-order valence-corrected chi connectivity index (χ4v) is 5.82. The molecule has 0 fully saturated rings. The lowest BCUT2D eigenvalue weighted by molar-refractivity contribution is 0.0735. The van der Waals surface area contributed by atoms with E-state index in [1.54, 1.807) is 29.2 Å². The molecular formula is C30H24N2O4S. The number of aromatic nitrogens is 1. The number of sulfone groups is 1. The van der Waals surface area contributed by atoms with Crippen molar-refractivity contribution < 1.29 is 17.9 Å². The summed E-state index contributed by atoms with van der Waals surface area (Å²) in [5.74, 6) is 0.593. The molecule has 5 aromatic rings. The third-order valence-electron chi connectivity index (χ3n) is 6.77. The molecule has 1 aliphatic heterocycles. The molecule has 2 heterocycles. The topological polar surface area (TPSA) is 76.6 Å². The molecule has 0 saturated carbocycles. The van der Waals surface area contributed by atoms with Gasteiger partial charge in [0.05, 0.1) is 17.0 Å². The Kier molecular flexibility index (Phi) is 5.65. The maximum absolute atomic E-state index is 13.7. The Labute approximate surface area is 215 Å². The van der Waals surface area contributed by atoms with Crippen LogP contribution >= 0.6 is 0 Å². The van der Waals surface area contributed by atoms with Crippen molar-refractivity contribution in [3.8, 4) is 16.9 Å². The van der Waals surface area contributed by atoms with E-state index in [2.05, 4.69) is 17.1 Å². The number of hydrogen-bond donors (Lipinski definition) is 0. The van der Waals surface area contributed by atoms with Gasteiger partial charge >= 0.3 is 0 Å². The first-order chi connectivity index (χ1) is 17.9. The summed E-state index contributed by atoms with van der Waals surface area (Å²) < 4.78 is 30.6. The number of ether oxygens (including phenoxy) is 1. The lowest BCUT2D eigenvalue weighted by Crippen LogP contribution is -2.32. The van der Waals surface area contributed by atoms with Gasteiger partial charge in [0.2, 0.25) is 0 Å². The normalized spacial score (nSPS) is 13.7. The Bertz CT molecular complexity index is 1800. The number of fused-ring (bicyclic) bond motifs is 3. The van der Waals surface area contributed by atoms with Crippen LogP contribution in [-0.4, -0.2) is 43.6 Å². The van der Waals surface area contributed by atoms with Crippen molar-refractivity contribution in [3.63, 3.8) is 0 Å². The molecule has 0 radical (unpaired) electrons. The van der Waals surface area contributed by atoms with Gasteiger partial charge in [-0.15, -0.1) is 0 Å². The van der Waals surface area contributed by atoms with E-state index in [0.29, 0.717) is 36.0 Å². The smallest absolute Gasteiger partial charge is 0.254 e. The average molecular weight is 509 g/mol. The van der Waals surface area contributed by atoms with Gasteiger partial charge in [0.15, 0.2) is 9.84 Å². The van der Waals surface area contributed by atoms with Crippen LogP contribution in [0, 0.1) is 0 Å². The van der Waals surface area contributed by atoms with Crippen LogP contribution < -0.4 is 4.74 Å². The molecule has 4 aromatic carbocycles. The van der Waals surface area contributed by atoms with Gasteiger partial charge in [0.25, 0.3) is 5.91 Å². The Morgan fingerprint density at radius 1 is 0.892 bits per heavy atom. The minimum absolute atomic E-state index is 0.162. The maximum Gasteiger partial charge on any atom is 0.254 e. The highest BCUT2D eigenvalue weighted by atomic mass is 32.2. The molecule has 1 amide bonds. The van der Waals surface area contributed by atoms with Crippen LogP contribution in [0.5, 0.6) is 5.75 Å². The average Bonchev–Trinajstić information content (AvgIpc) is 3.13. The lowest BCUT2D eigenvalue weighted by atomic mass is 10.0. The number of nitrogens with zero attached hydrogens (tertiary/aromatic N) is 2. The second-order valence-electron chi connectivity index (χ2n) is 9.24. The van der Waals surface area contributed by atoms with Gasteiger partial charge in [-0.3, -0.25) is 9.78 Å². The Hall–Kier alpha value is -4.23. The summed E-state index contributed by atoms with van der Waals surface area (Å²) in [7, 11) is -3.44. The van der Waals surface area contributed by atoms with Crippen LogP contribution in [0.4, 0.5) is 0 Å². The summed E-state index contributed by atoms with van der Waals surface area (Å²) >= 11 is 0. The minimum atomic E-state index is -3.44.